The average Bonchev–Trinajstić information content (AvgIpc) is 2.84. The molecule has 0 fully saturated rings. The summed E-state index contributed by atoms with van der Waals surface area (Å²) in [5, 5.41) is 13.9. The van der Waals surface area contributed by atoms with Crippen LogP contribution in [0.5, 0.6) is 5.75 Å². The molecule has 3 N–H and O–H groups in total. The number of anilines is 2. The third-order valence-electron chi connectivity index (χ3n) is 3.28. The summed E-state index contributed by atoms with van der Waals surface area (Å²) in [7, 11) is 0. The Morgan fingerprint density at radius 1 is 1.30 bits per heavy atom. The minimum Gasteiger partial charge on any atom is -0.491 e. The van der Waals surface area contributed by atoms with E-state index in [9.17, 15) is 10.1 Å². The molecule has 102 valence electrons. The van der Waals surface area contributed by atoms with Crippen LogP contribution < -0.4 is 15.8 Å². The van der Waals surface area contributed by atoms with E-state index in [1.807, 2.05) is 24.3 Å². The van der Waals surface area contributed by atoms with Gasteiger partial charge in [-0.25, -0.2) is 0 Å². The molecule has 2 aromatic carbocycles. The van der Waals surface area contributed by atoms with E-state index in [4.69, 9.17) is 10.5 Å². The Balaban J connectivity index is 1.84. The molecular formula is C14H13N3O3. The Morgan fingerprint density at radius 3 is 2.85 bits per heavy atom. The van der Waals surface area contributed by atoms with Crippen LogP contribution in [0.3, 0.4) is 0 Å². The van der Waals surface area contributed by atoms with Crippen LogP contribution in [0.4, 0.5) is 17.1 Å². The Hall–Kier alpha value is -2.76. The van der Waals surface area contributed by atoms with E-state index in [0.29, 0.717) is 18.0 Å². The predicted molar refractivity (Wildman–Crippen MR) is 75.8 cm³/mol. The van der Waals surface area contributed by atoms with Crippen LogP contribution >= 0.6 is 0 Å². The van der Waals surface area contributed by atoms with Crippen molar-refractivity contribution in [2.75, 3.05) is 17.7 Å². The third-order valence-corrected chi connectivity index (χ3v) is 3.28. The van der Waals surface area contributed by atoms with Crippen molar-refractivity contribution in [1.82, 2.24) is 0 Å². The molecule has 20 heavy (non-hydrogen) atoms. The quantitative estimate of drug-likeness (QED) is 0.509. The molecule has 1 aliphatic rings. The molecule has 0 aromatic heterocycles. The normalized spacial score (nSPS) is 16.3. The van der Waals surface area contributed by atoms with Crippen LogP contribution in [-0.4, -0.2) is 11.5 Å². The second-order valence-electron chi connectivity index (χ2n) is 4.57. The molecule has 0 aliphatic carbocycles. The van der Waals surface area contributed by atoms with E-state index in [-0.39, 0.29) is 11.7 Å². The SMILES string of the molecule is Nc1cc([N+](=O)[O-])ccc1NC1COc2ccccc21. The van der Waals surface area contributed by atoms with Gasteiger partial charge in [-0.15, -0.1) is 0 Å². The van der Waals surface area contributed by atoms with Gasteiger partial charge in [0.15, 0.2) is 0 Å². The van der Waals surface area contributed by atoms with Gasteiger partial charge < -0.3 is 15.8 Å². The number of rotatable bonds is 3. The van der Waals surface area contributed by atoms with E-state index in [1.165, 1.54) is 12.1 Å². The predicted octanol–water partition coefficient (Wildman–Crippen LogP) is 2.72. The maximum absolute atomic E-state index is 10.7. The zero-order valence-electron chi connectivity index (χ0n) is 10.6. The molecule has 0 saturated heterocycles. The number of hydrogen-bond acceptors (Lipinski definition) is 5. The number of ether oxygens (including phenoxy) is 1. The molecule has 6 nitrogen and oxygen atoms in total. The van der Waals surface area contributed by atoms with E-state index >= 15 is 0 Å². The minimum atomic E-state index is -0.464. The van der Waals surface area contributed by atoms with Crippen LogP contribution in [0.15, 0.2) is 42.5 Å². The van der Waals surface area contributed by atoms with Gasteiger partial charge in [0, 0.05) is 17.7 Å². The first kappa shape index (κ1) is 12.3. The summed E-state index contributed by atoms with van der Waals surface area (Å²) in [6.07, 6.45) is 0. The van der Waals surface area contributed by atoms with Gasteiger partial charge in [0.1, 0.15) is 12.4 Å². The number of nitrogens with two attached hydrogens (primary N) is 1. The topological polar surface area (TPSA) is 90.4 Å². The van der Waals surface area contributed by atoms with Crippen molar-refractivity contribution in [1.29, 1.82) is 0 Å². The smallest absolute Gasteiger partial charge is 0.271 e. The summed E-state index contributed by atoms with van der Waals surface area (Å²) < 4.78 is 5.57. The molecule has 0 amide bonds. The average molecular weight is 271 g/mol. The Bertz CT molecular complexity index is 672. The van der Waals surface area contributed by atoms with Gasteiger partial charge in [0.05, 0.1) is 22.3 Å². The van der Waals surface area contributed by atoms with Crippen LogP contribution in [0, 0.1) is 10.1 Å². The van der Waals surface area contributed by atoms with E-state index < -0.39 is 4.92 Å². The second-order valence-corrected chi connectivity index (χ2v) is 4.57. The number of nitro benzene ring substituents is 1. The number of nitrogens with one attached hydrogen (secondary N) is 1. The number of para-hydroxylation sites is 1. The van der Waals surface area contributed by atoms with Gasteiger partial charge in [-0.1, -0.05) is 18.2 Å². The molecule has 1 unspecified atom stereocenters. The Labute approximate surface area is 115 Å². The molecule has 1 atom stereocenters. The Morgan fingerprint density at radius 2 is 2.10 bits per heavy atom. The van der Waals surface area contributed by atoms with Crippen molar-refractivity contribution < 1.29 is 9.66 Å². The number of nitrogens with zero attached hydrogens (tertiary/aromatic N) is 1. The summed E-state index contributed by atoms with van der Waals surface area (Å²) in [4.78, 5) is 10.2. The molecule has 3 rings (SSSR count). The highest BCUT2D eigenvalue weighted by molar-refractivity contribution is 5.70. The maximum atomic E-state index is 10.7. The van der Waals surface area contributed by atoms with Gasteiger partial charge in [-0.05, 0) is 12.1 Å². The summed E-state index contributed by atoms with van der Waals surface area (Å²) >= 11 is 0. The van der Waals surface area contributed by atoms with Gasteiger partial charge in [-0.3, -0.25) is 10.1 Å². The lowest BCUT2D eigenvalue weighted by Gasteiger charge is -2.14. The summed E-state index contributed by atoms with van der Waals surface area (Å²) in [6.45, 7) is 0.510. The van der Waals surface area contributed by atoms with Gasteiger partial charge in [0.25, 0.3) is 5.69 Å². The van der Waals surface area contributed by atoms with E-state index in [2.05, 4.69) is 5.32 Å². The number of fused-ring (bicyclic) bond motifs is 1. The standard InChI is InChI=1S/C14H13N3O3/c15-11-7-9(17(18)19)5-6-12(11)16-13-8-20-14-4-2-1-3-10(13)14/h1-7,13,16H,8,15H2. The van der Waals surface area contributed by atoms with Crippen LogP contribution in [-0.2, 0) is 0 Å². The third kappa shape index (κ3) is 2.11. The van der Waals surface area contributed by atoms with Crippen LogP contribution in [0.2, 0.25) is 0 Å². The molecule has 1 heterocycles. The molecule has 0 saturated carbocycles. The second kappa shape index (κ2) is 4.73. The zero-order valence-corrected chi connectivity index (χ0v) is 10.6. The van der Waals surface area contributed by atoms with E-state index in [0.717, 1.165) is 11.3 Å². The lowest BCUT2D eigenvalue weighted by atomic mass is 10.1. The van der Waals surface area contributed by atoms with Crippen molar-refractivity contribution in [3.8, 4) is 5.75 Å². The largest absolute Gasteiger partial charge is 0.491 e. The fraction of sp³-hybridized carbons (Fsp3) is 0.143. The lowest BCUT2D eigenvalue weighted by Crippen LogP contribution is -2.13. The first-order valence-corrected chi connectivity index (χ1v) is 6.17. The number of benzene rings is 2. The minimum absolute atomic E-state index is 0.00467. The number of hydrogen-bond donors (Lipinski definition) is 2. The number of non-ortho nitro benzene ring substituents is 1. The molecule has 0 bridgehead atoms. The van der Waals surface area contributed by atoms with Gasteiger partial charge >= 0.3 is 0 Å². The molecule has 2 aromatic rings. The molecule has 6 heteroatoms. The molecule has 0 spiro atoms. The van der Waals surface area contributed by atoms with Crippen molar-refractivity contribution in [3.63, 3.8) is 0 Å². The number of nitrogen functional groups attached to an aromatic ring is 1. The van der Waals surface area contributed by atoms with Gasteiger partial charge in [0.2, 0.25) is 0 Å². The maximum Gasteiger partial charge on any atom is 0.271 e. The van der Waals surface area contributed by atoms with E-state index in [1.54, 1.807) is 6.07 Å². The summed E-state index contributed by atoms with van der Waals surface area (Å²) in [5.41, 5.74) is 7.91. The van der Waals surface area contributed by atoms with Crippen molar-refractivity contribution in [2.24, 2.45) is 0 Å². The fourth-order valence-electron chi connectivity index (χ4n) is 2.27. The van der Waals surface area contributed by atoms with Crippen molar-refractivity contribution >= 4 is 17.1 Å². The molecule has 0 radical (unpaired) electrons. The first-order chi connectivity index (χ1) is 9.65. The highest BCUT2D eigenvalue weighted by Gasteiger charge is 2.24. The zero-order chi connectivity index (χ0) is 14.1. The van der Waals surface area contributed by atoms with Crippen molar-refractivity contribution in [2.45, 2.75) is 6.04 Å². The lowest BCUT2D eigenvalue weighted by molar-refractivity contribution is -0.384. The highest BCUT2D eigenvalue weighted by atomic mass is 16.6. The fourth-order valence-corrected chi connectivity index (χ4v) is 2.27. The van der Waals surface area contributed by atoms with Crippen LogP contribution in [0.25, 0.3) is 0 Å². The first-order valence-electron chi connectivity index (χ1n) is 6.17. The molecule has 1 aliphatic heterocycles. The van der Waals surface area contributed by atoms with Crippen LogP contribution in [0.1, 0.15) is 11.6 Å². The summed E-state index contributed by atoms with van der Waals surface area (Å²) in [5.74, 6) is 0.852. The van der Waals surface area contributed by atoms with Crippen molar-refractivity contribution in [3.05, 3.63) is 58.1 Å². The molecular weight excluding hydrogens is 258 g/mol. The summed E-state index contributed by atoms with van der Waals surface area (Å²) in [6, 6.07) is 12.2. The highest BCUT2D eigenvalue weighted by Crippen LogP contribution is 2.35. The number of nitro groups is 1. The monoisotopic (exact) mass is 271 g/mol. The van der Waals surface area contributed by atoms with Gasteiger partial charge in [-0.2, -0.15) is 0 Å². The Kier molecular flexibility index (Phi) is 2.90.